The molecule has 0 N–H and O–H groups in total. The van der Waals surface area contributed by atoms with Crippen molar-refractivity contribution >= 4 is 27.8 Å². The molecule has 3 heterocycles. The van der Waals surface area contributed by atoms with E-state index in [0.717, 1.165) is 36.1 Å². The Bertz CT molecular complexity index is 1350. The summed E-state index contributed by atoms with van der Waals surface area (Å²) in [7, 11) is 0. The molecule has 32 heavy (non-hydrogen) atoms. The fourth-order valence-corrected chi connectivity index (χ4v) is 4.24. The summed E-state index contributed by atoms with van der Waals surface area (Å²) in [5.74, 6) is -0.276. The number of aryl methyl sites for hydroxylation is 1. The van der Waals surface area contributed by atoms with Gasteiger partial charge in [-0.15, -0.1) is 0 Å². The summed E-state index contributed by atoms with van der Waals surface area (Å²) in [4.78, 5) is 29.4. The Hall–Kier alpha value is -3.52. The van der Waals surface area contributed by atoms with Crippen molar-refractivity contribution in [3.8, 4) is 0 Å². The maximum atomic E-state index is 13.1. The van der Waals surface area contributed by atoms with Crippen LogP contribution in [0.15, 0.2) is 57.9 Å². The first-order chi connectivity index (χ1) is 15.5. The predicted molar refractivity (Wildman–Crippen MR) is 119 cm³/mol. The number of hydrogen-bond acceptors (Lipinski definition) is 5. The van der Waals surface area contributed by atoms with Gasteiger partial charge in [0.25, 0.3) is 0 Å². The molecular formula is C24H23FN4O3. The third kappa shape index (κ3) is 3.89. The summed E-state index contributed by atoms with van der Waals surface area (Å²) in [6, 6.07) is 12.1. The molecule has 164 valence electrons. The van der Waals surface area contributed by atoms with E-state index < -0.39 is 5.63 Å². The number of aromatic nitrogens is 2. The normalized spacial score (nSPS) is 15.0. The highest BCUT2D eigenvalue weighted by atomic mass is 19.1. The lowest BCUT2D eigenvalue weighted by atomic mass is 10.1. The molecular weight excluding hydrogens is 411 g/mol. The number of nitrogens with zero attached hydrogens (tertiary/aromatic N) is 4. The molecule has 0 saturated carbocycles. The van der Waals surface area contributed by atoms with Crippen LogP contribution in [0.25, 0.3) is 21.9 Å². The highest BCUT2D eigenvalue weighted by molar-refractivity contribution is 6.02. The Morgan fingerprint density at radius 1 is 1.06 bits per heavy atom. The van der Waals surface area contributed by atoms with Gasteiger partial charge in [0.2, 0.25) is 5.91 Å². The van der Waals surface area contributed by atoms with Crippen molar-refractivity contribution < 1.29 is 13.6 Å². The molecule has 0 spiro atoms. The predicted octanol–water partition coefficient (Wildman–Crippen LogP) is 2.93. The van der Waals surface area contributed by atoms with Crippen LogP contribution in [0.3, 0.4) is 0 Å². The van der Waals surface area contributed by atoms with Gasteiger partial charge in [-0.1, -0.05) is 23.8 Å². The average Bonchev–Trinajstić information content (AvgIpc) is 3.21. The molecule has 8 heteroatoms. The third-order valence-electron chi connectivity index (χ3n) is 5.98. The lowest BCUT2D eigenvalue weighted by Gasteiger charge is -2.34. The van der Waals surface area contributed by atoms with Crippen molar-refractivity contribution in [1.29, 1.82) is 0 Å². The Labute approximate surface area is 183 Å². The second-order valence-corrected chi connectivity index (χ2v) is 8.24. The fraction of sp³-hybridized carbons (Fsp3) is 0.292. The van der Waals surface area contributed by atoms with Crippen molar-refractivity contribution in [3.05, 3.63) is 76.0 Å². The number of carbonyl (C=O) groups is 1. The molecule has 1 saturated heterocycles. The first kappa shape index (κ1) is 20.4. The van der Waals surface area contributed by atoms with Gasteiger partial charge in [-0.25, -0.2) is 9.18 Å². The number of carbonyl (C=O) groups excluding carboxylic acids is 1. The van der Waals surface area contributed by atoms with Gasteiger partial charge in [-0.05, 0) is 36.8 Å². The van der Waals surface area contributed by atoms with Crippen molar-refractivity contribution in [1.82, 2.24) is 19.6 Å². The molecule has 1 fully saturated rings. The standard InChI is InChI=1S/C24H23FN4O3/c1-16-2-7-21-19(12-16)23-20(24(31)32-21)13-26-29(23)15-22(30)28-10-8-27(9-11-28)14-17-3-5-18(25)6-4-17/h2-7,12-13H,8-11,14-15H2,1H3. The van der Waals surface area contributed by atoms with E-state index in [0.29, 0.717) is 29.6 Å². The number of benzene rings is 2. The number of hydrogen-bond donors (Lipinski definition) is 0. The van der Waals surface area contributed by atoms with Gasteiger partial charge in [0, 0.05) is 38.1 Å². The van der Waals surface area contributed by atoms with Crippen LogP contribution in [0.4, 0.5) is 4.39 Å². The monoisotopic (exact) mass is 434 g/mol. The van der Waals surface area contributed by atoms with E-state index in [9.17, 15) is 14.0 Å². The first-order valence-corrected chi connectivity index (χ1v) is 10.6. The largest absolute Gasteiger partial charge is 0.422 e. The number of halogens is 1. The van der Waals surface area contributed by atoms with E-state index >= 15 is 0 Å². The van der Waals surface area contributed by atoms with Crippen molar-refractivity contribution in [3.63, 3.8) is 0 Å². The van der Waals surface area contributed by atoms with Crippen LogP contribution in [0.2, 0.25) is 0 Å². The van der Waals surface area contributed by atoms with Gasteiger partial charge < -0.3 is 9.32 Å². The fourth-order valence-electron chi connectivity index (χ4n) is 4.24. The summed E-state index contributed by atoms with van der Waals surface area (Å²) < 4.78 is 20.1. The minimum absolute atomic E-state index is 0.0366. The smallest absolute Gasteiger partial charge is 0.347 e. The Morgan fingerprint density at radius 2 is 1.81 bits per heavy atom. The number of piperazine rings is 1. The third-order valence-corrected chi connectivity index (χ3v) is 5.98. The molecule has 5 rings (SSSR count). The van der Waals surface area contributed by atoms with Gasteiger partial charge in [0.1, 0.15) is 23.3 Å². The zero-order valence-electron chi connectivity index (χ0n) is 17.8. The molecule has 0 radical (unpaired) electrons. The van der Waals surface area contributed by atoms with E-state index in [-0.39, 0.29) is 18.3 Å². The summed E-state index contributed by atoms with van der Waals surface area (Å²) >= 11 is 0. The van der Waals surface area contributed by atoms with Crippen LogP contribution >= 0.6 is 0 Å². The molecule has 2 aromatic heterocycles. The Morgan fingerprint density at radius 3 is 2.56 bits per heavy atom. The minimum atomic E-state index is -0.454. The molecule has 2 aromatic carbocycles. The minimum Gasteiger partial charge on any atom is -0.422 e. The van der Waals surface area contributed by atoms with Crippen molar-refractivity contribution in [2.24, 2.45) is 0 Å². The SMILES string of the molecule is Cc1ccc2oc(=O)c3cnn(CC(=O)N4CCN(Cc5ccc(F)cc5)CC4)c3c2c1. The van der Waals surface area contributed by atoms with Gasteiger partial charge >= 0.3 is 5.63 Å². The van der Waals surface area contributed by atoms with E-state index in [2.05, 4.69) is 10.00 Å². The molecule has 1 aliphatic heterocycles. The van der Waals surface area contributed by atoms with Crippen molar-refractivity contribution in [2.45, 2.75) is 20.0 Å². The van der Waals surface area contributed by atoms with Crippen LogP contribution in [-0.2, 0) is 17.9 Å². The van der Waals surface area contributed by atoms with Gasteiger partial charge in [-0.3, -0.25) is 14.4 Å². The molecule has 1 aliphatic rings. The van der Waals surface area contributed by atoms with E-state index in [1.165, 1.54) is 18.3 Å². The maximum Gasteiger partial charge on any atom is 0.347 e. The quantitative estimate of drug-likeness (QED) is 0.462. The molecule has 0 aliphatic carbocycles. The van der Waals surface area contributed by atoms with Crippen LogP contribution < -0.4 is 5.63 Å². The van der Waals surface area contributed by atoms with E-state index in [4.69, 9.17) is 4.42 Å². The van der Waals surface area contributed by atoms with Gasteiger partial charge in [-0.2, -0.15) is 5.10 Å². The highest BCUT2D eigenvalue weighted by Crippen LogP contribution is 2.24. The zero-order valence-corrected chi connectivity index (χ0v) is 17.8. The van der Waals surface area contributed by atoms with Gasteiger partial charge in [0.15, 0.2) is 0 Å². The first-order valence-electron chi connectivity index (χ1n) is 10.6. The number of rotatable bonds is 4. The highest BCUT2D eigenvalue weighted by Gasteiger charge is 2.23. The zero-order chi connectivity index (χ0) is 22.2. The molecule has 7 nitrogen and oxygen atoms in total. The molecule has 0 atom stereocenters. The summed E-state index contributed by atoms with van der Waals surface area (Å²) in [5, 5.41) is 5.46. The summed E-state index contributed by atoms with van der Waals surface area (Å²) in [6.07, 6.45) is 1.47. The second-order valence-electron chi connectivity index (χ2n) is 8.24. The molecule has 4 aromatic rings. The molecule has 1 amide bonds. The van der Waals surface area contributed by atoms with Gasteiger partial charge in [0.05, 0.1) is 11.7 Å². The average molecular weight is 434 g/mol. The topological polar surface area (TPSA) is 71.6 Å². The van der Waals surface area contributed by atoms with E-state index in [1.807, 2.05) is 24.0 Å². The Kier molecular flexibility index (Phi) is 5.22. The van der Waals surface area contributed by atoms with Crippen LogP contribution in [0, 0.1) is 12.7 Å². The lowest BCUT2D eigenvalue weighted by molar-refractivity contribution is -0.133. The summed E-state index contributed by atoms with van der Waals surface area (Å²) in [6.45, 7) is 5.47. The van der Waals surface area contributed by atoms with Crippen LogP contribution in [0.5, 0.6) is 0 Å². The summed E-state index contributed by atoms with van der Waals surface area (Å²) in [5.41, 5.74) is 2.74. The number of amides is 1. The van der Waals surface area contributed by atoms with Crippen LogP contribution in [-0.4, -0.2) is 51.7 Å². The molecule has 0 unspecified atom stereocenters. The molecule has 0 bridgehead atoms. The number of fused-ring (bicyclic) bond motifs is 3. The lowest BCUT2D eigenvalue weighted by Crippen LogP contribution is -2.49. The van der Waals surface area contributed by atoms with Crippen LogP contribution in [0.1, 0.15) is 11.1 Å². The second kappa shape index (κ2) is 8.20. The maximum absolute atomic E-state index is 13.1. The van der Waals surface area contributed by atoms with E-state index in [1.54, 1.807) is 22.9 Å². The van der Waals surface area contributed by atoms with Crippen molar-refractivity contribution in [2.75, 3.05) is 26.2 Å². The Balaban J connectivity index is 1.30.